The average Bonchev–Trinajstić information content (AvgIpc) is 2.47. The summed E-state index contributed by atoms with van der Waals surface area (Å²) in [6, 6.07) is 4.18. The van der Waals surface area contributed by atoms with Crippen LogP contribution < -0.4 is 5.32 Å². The lowest BCUT2D eigenvalue weighted by Gasteiger charge is -2.31. The molecule has 2 heterocycles. The van der Waals surface area contributed by atoms with Crippen LogP contribution in [0.5, 0.6) is 0 Å². The molecular weight excluding hydrogens is 261 g/mol. The van der Waals surface area contributed by atoms with Crippen LogP contribution in [0.2, 0.25) is 0 Å². The van der Waals surface area contributed by atoms with E-state index in [9.17, 15) is 14.0 Å². The molecule has 0 saturated carbocycles. The molecule has 0 atom stereocenters. The third-order valence-electron chi connectivity index (χ3n) is 3.44. The van der Waals surface area contributed by atoms with Gasteiger partial charge in [0.15, 0.2) is 0 Å². The summed E-state index contributed by atoms with van der Waals surface area (Å²) in [5, 5.41) is 2.79. The van der Waals surface area contributed by atoms with Gasteiger partial charge in [-0.25, -0.2) is 4.98 Å². The first-order valence-electron chi connectivity index (χ1n) is 6.81. The summed E-state index contributed by atoms with van der Waals surface area (Å²) in [7, 11) is 0. The van der Waals surface area contributed by atoms with Crippen LogP contribution in [0.4, 0.5) is 4.39 Å². The Hall–Kier alpha value is -1.98. The third-order valence-corrected chi connectivity index (χ3v) is 3.44. The van der Waals surface area contributed by atoms with Crippen LogP contribution in [0.3, 0.4) is 0 Å². The second-order valence-corrected chi connectivity index (χ2v) is 4.81. The van der Waals surface area contributed by atoms with E-state index in [-0.39, 0.29) is 23.4 Å². The van der Waals surface area contributed by atoms with Crippen molar-refractivity contribution in [2.24, 2.45) is 5.92 Å². The van der Waals surface area contributed by atoms with Crippen molar-refractivity contribution in [1.29, 1.82) is 0 Å². The van der Waals surface area contributed by atoms with Crippen molar-refractivity contribution in [3.63, 3.8) is 0 Å². The van der Waals surface area contributed by atoms with E-state index in [4.69, 9.17) is 0 Å². The number of nitrogens with zero attached hydrogens (tertiary/aromatic N) is 2. The van der Waals surface area contributed by atoms with Gasteiger partial charge in [0.25, 0.3) is 5.91 Å². The zero-order valence-electron chi connectivity index (χ0n) is 11.4. The predicted octanol–water partition coefficient (Wildman–Crippen LogP) is 1.21. The van der Waals surface area contributed by atoms with E-state index in [1.165, 1.54) is 18.2 Å². The number of hydrogen-bond donors (Lipinski definition) is 1. The van der Waals surface area contributed by atoms with Gasteiger partial charge >= 0.3 is 0 Å². The van der Waals surface area contributed by atoms with Crippen LogP contribution in [0.15, 0.2) is 18.2 Å². The van der Waals surface area contributed by atoms with Gasteiger partial charge in [0.1, 0.15) is 5.69 Å². The molecule has 1 aliphatic heterocycles. The standard InChI is InChI=1S/C14H18FN3O2/c1-2-16-13(19)10-6-8-18(9-7-10)14(20)11-4-3-5-12(15)17-11/h3-5,10H,2,6-9H2,1H3,(H,16,19). The number of halogens is 1. The van der Waals surface area contributed by atoms with Crippen molar-refractivity contribution < 1.29 is 14.0 Å². The minimum atomic E-state index is -0.659. The number of carbonyl (C=O) groups excluding carboxylic acids is 2. The van der Waals surface area contributed by atoms with Crippen molar-refractivity contribution in [3.8, 4) is 0 Å². The highest BCUT2D eigenvalue weighted by atomic mass is 19.1. The number of amides is 2. The van der Waals surface area contributed by atoms with E-state index < -0.39 is 5.95 Å². The monoisotopic (exact) mass is 279 g/mol. The molecule has 0 radical (unpaired) electrons. The van der Waals surface area contributed by atoms with Crippen LogP contribution in [0.25, 0.3) is 0 Å². The largest absolute Gasteiger partial charge is 0.356 e. The lowest BCUT2D eigenvalue weighted by Crippen LogP contribution is -2.43. The Bertz CT molecular complexity index is 499. The number of aromatic nitrogens is 1. The van der Waals surface area contributed by atoms with Crippen LogP contribution in [0.1, 0.15) is 30.3 Å². The highest BCUT2D eigenvalue weighted by Crippen LogP contribution is 2.18. The topological polar surface area (TPSA) is 62.3 Å². The summed E-state index contributed by atoms with van der Waals surface area (Å²) in [4.78, 5) is 29.1. The van der Waals surface area contributed by atoms with Crippen LogP contribution >= 0.6 is 0 Å². The Kier molecular flexibility index (Phi) is 4.65. The average molecular weight is 279 g/mol. The molecule has 1 saturated heterocycles. The second kappa shape index (κ2) is 6.45. The quantitative estimate of drug-likeness (QED) is 0.846. The zero-order chi connectivity index (χ0) is 14.5. The molecule has 1 aliphatic rings. The minimum Gasteiger partial charge on any atom is -0.356 e. The van der Waals surface area contributed by atoms with Crippen molar-refractivity contribution in [2.75, 3.05) is 19.6 Å². The smallest absolute Gasteiger partial charge is 0.272 e. The number of piperidine rings is 1. The number of hydrogen-bond acceptors (Lipinski definition) is 3. The fourth-order valence-corrected chi connectivity index (χ4v) is 2.35. The molecule has 108 valence electrons. The molecule has 2 rings (SSSR count). The summed E-state index contributed by atoms with van der Waals surface area (Å²) >= 11 is 0. The van der Waals surface area contributed by atoms with Crippen molar-refractivity contribution in [2.45, 2.75) is 19.8 Å². The molecule has 1 N–H and O–H groups in total. The lowest BCUT2D eigenvalue weighted by molar-refractivity contribution is -0.126. The molecule has 0 aromatic carbocycles. The van der Waals surface area contributed by atoms with Crippen LogP contribution in [-0.2, 0) is 4.79 Å². The van der Waals surface area contributed by atoms with Crippen LogP contribution in [0, 0.1) is 11.9 Å². The minimum absolute atomic E-state index is 0.0422. The number of likely N-dealkylation sites (tertiary alicyclic amines) is 1. The number of rotatable bonds is 3. The molecule has 20 heavy (non-hydrogen) atoms. The van der Waals surface area contributed by atoms with Gasteiger partial charge in [0.2, 0.25) is 11.9 Å². The predicted molar refractivity (Wildman–Crippen MR) is 71.5 cm³/mol. The number of pyridine rings is 1. The highest BCUT2D eigenvalue weighted by Gasteiger charge is 2.27. The molecule has 0 spiro atoms. The third kappa shape index (κ3) is 3.31. The second-order valence-electron chi connectivity index (χ2n) is 4.81. The van der Waals surface area contributed by atoms with Crippen LogP contribution in [-0.4, -0.2) is 41.3 Å². The van der Waals surface area contributed by atoms with E-state index in [0.29, 0.717) is 32.5 Å². The Morgan fingerprint density at radius 1 is 1.40 bits per heavy atom. The van der Waals surface area contributed by atoms with E-state index in [2.05, 4.69) is 10.3 Å². The number of nitrogens with one attached hydrogen (secondary N) is 1. The summed E-state index contributed by atoms with van der Waals surface area (Å²) in [5.41, 5.74) is 0.112. The fourth-order valence-electron chi connectivity index (χ4n) is 2.35. The molecule has 2 amide bonds. The Balaban J connectivity index is 1.93. The Labute approximate surface area is 117 Å². The van der Waals surface area contributed by atoms with Gasteiger partial charge in [-0.2, -0.15) is 4.39 Å². The Morgan fingerprint density at radius 3 is 2.70 bits per heavy atom. The van der Waals surface area contributed by atoms with Gasteiger partial charge in [0.05, 0.1) is 0 Å². The molecule has 1 aromatic heterocycles. The maximum Gasteiger partial charge on any atom is 0.272 e. The molecule has 6 heteroatoms. The van der Waals surface area contributed by atoms with E-state index in [1.54, 1.807) is 4.90 Å². The fraction of sp³-hybridized carbons (Fsp3) is 0.500. The highest BCUT2D eigenvalue weighted by molar-refractivity contribution is 5.92. The van der Waals surface area contributed by atoms with Gasteiger partial charge in [-0.1, -0.05) is 6.07 Å². The zero-order valence-corrected chi connectivity index (χ0v) is 11.4. The molecule has 5 nitrogen and oxygen atoms in total. The molecule has 0 unspecified atom stereocenters. The lowest BCUT2D eigenvalue weighted by atomic mass is 9.95. The summed E-state index contributed by atoms with van der Waals surface area (Å²) in [5.74, 6) is -0.935. The summed E-state index contributed by atoms with van der Waals surface area (Å²) in [6.45, 7) is 3.50. The van der Waals surface area contributed by atoms with Crippen molar-refractivity contribution in [3.05, 3.63) is 29.8 Å². The molecule has 0 aliphatic carbocycles. The van der Waals surface area contributed by atoms with Crippen molar-refractivity contribution in [1.82, 2.24) is 15.2 Å². The van der Waals surface area contributed by atoms with Gasteiger partial charge in [-0.3, -0.25) is 9.59 Å². The molecular formula is C14H18FN3O2. The first kappa shape index (κ1) is 14.4. The molecule has 1 aromatic rings. The van der Waals surface area contributed by atoms with Gasteiger partial charge in [0, 0.05) is 25.6 Å². The Morgan fingerprint density at radius 2 is 2.10 bits per heavy atom. The molecule has 0 bridgehead atoms. The van der Waals surface area contributed by atoms with E-state index >= 15 is 0 Å². The SMILES string of the molecule is CCNC(=O)C1CCN(C(=O)c2cccc(F)n2)CC1. The number of carbonyl (C=O) groups is 2. The van der Waals surface area contributed by atoms with Gasteiger partial charge in [-0.05, 0) is 31.9 Å². The first-order valence-corrected chi connectivity index (χ1v) is 6.81. The maximum atomic E-state index is 13.0. The van der Waals surface area contributed by atoms with E-state index in [0.717, 1.165) is 0 Å². The van der Waals surface area contributed by atoms with Gasteiger partial charge in [-0.15, -0.1) is 0 Å². The summed E-state index contributed by atoms with van der Waals surface area (Å²) in [6.07, 6.45) is 1.26. The van der Waals surface area contributed by atoms with Crippen molar-refractivity contribution >= 4 is 11.8 Å². The van der Waals surface area contributed by atoms with E-state index in [1.807, 2.05) is 6.92 Å². The summed E-state index contributed by atoms with van der Waals surface area (Å²) < 4.78 is 13.0. The first-order chi connectivity index (χ1) is 9.61. The molecule has 1 fully saturated rings. The maximum absolute atomic E-state index is 13.0. The normalized spacial score (nSPS) is 16.0. The van der Waals surface area contributed by atoms with Gasteiger partial charge < -0.3 is 10.2 Å².